The fraction of sp³-hybridized carbons (Fsp3) is 0.412. The summed E-state index contributed by atoms with van der Waals surface area (Å²) < 4.78 is 7.30. The molecular formula is C17H24N2O. The topological polar surface area (TPSA) is 26.2 Å². The maximum absolute atomic E-state index is 5.03. The molecule has 3 heteroatoms. The third kappa shape index (κ3) is 4.22. The lowest BCUT2D eigenvalue weighted by molar-refractivity contribution is 0.194. The molecule has 1 aromatic heterocycles. The number of hydrogen-bond acceptors (Lipinski definition) is 2. The van der Waals surface area contributed by atoms with E-state index in [1.165, 1.54) is 11.1 Å². The van der Waals surface area contributed by atoms with E-state index in [-0.39, 0.29) is 0 Å². The summed E-state index contributed by atoms with van der Waals surface area (Å²) >= 11 is 0. The van der Waals surface area contributed by atoms with Crippen LogP contribution >= 0.6 is 0 Å². The van der Waals surface area contributed by atoms with Gasteiger partial charge >= 0.3 is 0 Å². The van der Waals surface area contributed by atoms with Crippen LogP contribution in [0.5, 0.6) is 0 Å². The van der Waals surface area contributed by atoms with Gasteiger partial charge < -0.3 is 14.6 Å². The van der Waals surface area contributed by atoms with Crippen molar-refractivity contribution in [3.63, 3.8) is 0 Å². The molecule has 0 spiro atoms. The minimum atomic E-state index is 0.374. The molecule has 1 aromatic carbocycles. The second kappa shape index (κ2) is 7.88. The summed E-state index contributed by atoms with van der Waals surface area (Å²) in [4.78, 5) is 0. The van der Waals surface area contributed by atoms with Crippen LogP contribution in [0.25, 0.3) is 0 Å². The molecule has 20 heavy (non-hydrogen) atoms. The average molecular weight is 272 g/mol. The second-order valence-electron chi connectivity index (χ2n) is 5.08. The van der Waals surface area contributed by atoms with Gasteiger partial charge in [-0.05, 0) is 37.1 Å². The first kappa shape index (κ1) is 14.8. The summed E-state index contributed by atoms with van der Waals surface area (Å²) in [6.45, 7) is 4.95. The molecule has 108 valence electrons. The van der Waals surface area contributed by atoms with Gasteiger partial charge in [-0.1, -0.05) is 30.3 Å². The van der Waals surface area contributed by atoms with E-state index in [0.717, 1.165) is 26.1 Å². The molecule has 1 N–H and O–H groups in total. The standard InChI is InChI=1S/C17H24N2O/c1-15(17-7-4-3-5-8-17)19-11-9-16(14-19)13-18-10-6-12-20-2/h3-5,7-9,11,14-15,18H,6,10,12-13H2,1-2H3/t15-/m1/s1. The molecule has 0 radical (unpaired) electrons. The van der Waals surface area contributed by atoms with Crippen molar-refractivity contribution < 1.29 is 4.74 Å². The predicted octanol–water partition coefficient (Wildman–Crippen LogP) is 3.22. The SMILES string of the molecule is COCCCNCc1ccn([C@H](C)c2ccccc2)c1. The van der Waals surface area contributed by atoms with Gasteiger partial charge in [0.15, 0.2) is 0 Å². The van der Waals surface area contributed by atoms with Gasteiger partial charge in [0.05, 0.1) is 6.04 Å². The summed E-state index contributed by atoms with van der Waals surface area (Å²) in [6.07, 6.45) is 5.43. The Morgan fingerprint density at radius 3 is 2.75 bits per heavy atom. The van der Waals surface area contributed by atoms with E-state index in [4.69, 9.17) is 4.74 Å². The summed E-state index contributed by atoms with van der Waals surface area (Å²) in [7, 11) is 1.74. The highest BCUT2D eigenvalue weighted by Gasteiger charge is 2.07. The smallest absolute Gasteiger partial charge is 0.0551 e. The Morgan fingerprint density at radius 1 is 1.20 bits per heavy atom. The van der Waals surface area contributed by atoms with Crippen molar-refractivity contribution in [1.29, 1.82) is 0 Å². The van der Waals surface area contributed by atoms with Crippen LogP contribution in [0.3, 0.4) is 0 Å². The molecular weight excluding hydrogens is 248 g/mol. The highest BCUT2D eigenvalue weighted by molar-refractivity contribution is 5.21. The summed E-state index contributed by atoms with van der Waals surface area (Å²) in [5, 5.41) is 3.44. The number of hydrogen-bond donors (Lipinski definition) is 1. The number of nitrogens with one attached hydrogen (secondary N) is 1. The van der Waals surface area contributed by atoms with Crippen molar-refractivity contribution in [2.24, 2.45) is 0 Å². The molecule has 2 aromatic rings. The van der Waals surface area contributed by atoms with E-state index in [9.17, 15) is 0 Å². The number of benzene rings is 1. The van der Waals surface area contributed by atoms with Crippen LogP contribution in [0.1, 0.15) is 30.5 Å². The zero-order chi connectivity index (χ0) is 14.2. The summed E-state index contributed by atoms with van der Waals surface area (Å²) in [5.41, 5.74) is 2.66. The molecule has 0 saturated heterocycles. The van der Waals surface area contributed by atoms with E-state index in [2.05, 4.69) is 65.6 Å². The van der Waals surface area contributed by atoms with Crippen molar-refractivity contribution in [1.82, 2.24) is 9.88 Å². The van der Waals surface area contributed by atoms with Gasteiger partial charge in [-0.3, -0.25) is 0 Å². The lowest BCUT2D eigenvalue weighted by atomic mass is 10.1. The summed E-state index contributed by atoms with van der Waals surface area (Å²) in [5.74, 6) is 0. The highest BCUT2D eigenvalue weighted by atomic mass is 16.5. The van der Waals surface area contributed by atoms with Gasteiger partial charge in [-0.2, -0.15) is 0 Å². The van der Waals surface area contributed by atoms with Gasteiger partial charge in [-0.25, -0.2) is 0 Å². The Kier molecular flexibility index (Phi) is 5.84. The minimum Gasteiger partial charge on any atom is -0.385 e. The molecule has 0 fully saturated rings. The Balaban J connectivity index is 1.85. The van der Waals surface area contributed by atoms with Crippen molar-refractivity contribution in [3.05, 3.63) is 59.9 Å². The van der Waals surface area contributed by atoms with E-state index in [1.807, 2.05) is 0 Å². The zero-order valence-electron chi connectivity index (χ0n) is 12.4. The van der Waals surface area contributed by atoms with Crippen LogP contribution in [-0.2, 0) is 11.3 Å². The van der Waals surface area contributed by atoms with Crippen molar-refractivity contribution in [3.8, 4) is 0 Å². The normalized spacial score (nSPS) is 12.5. The number of methoxy groups -OCH3 is 1. The third-order valence-corrected chi connectivity index (χ3v) is 3.54. The second-order valence-corrected chi connectivity index (χ2v) is 5.08. The molecule has 0 unspecified atom stereocenters. The molecule has 0 bridgehead atoms. The Hall–Kier alpha value is -1.58. The number of rotatable bonds is 8. The fourth-order valence-electron chi connectivity index (χ4n) is 2.28. The third-order valence-electron chi connectivity index (χ3n) is 3.54. The van der Waals surface area contributed by atoms with Gasteiger partial charge in [0.2, 0.25) is 0 Å². The molecule has 0 aliphatic heterocycles. The lowest BCUT2D eigenvalue weighted by Crippen LogP contribution is -2.15. The first-order valence-electron chi connectivity index (χ1n) is 7.22. The minimum absolute atomic E-state index is 0.374. The van der Waals surface area contributed by atoms with Crippen molar-refractivity contribution >= 4 is 0 Å². The van der Waals surface area contributed by atoms with Gasteiger partial charge in [0.1, 0.15) is 0 Å². The van der Waals surface area contributed by atoms with Crippen molar-refractivity contribution in [2.75, 3.05) is 20.3 Å². The molecule has 0 saturated carbocycles. The summed E-state index contributed by atoms with van der Waals surface area (Å²) in [6, 6.07) is 13.1. The first-order chi connectivity index (χ1) is 9.81. The zero-order valence-corrected chi connectivity index (χ0v) is 12.4. The molecule has 2 rings (SSSR count). The quantitative estimate of drug-likeness (QED) is 0.747. The maximum Gasteiger partial charge on any atom is 0.0551 e. The van der Waals surface area contributed by atoms with Crippen LogP contribution in [0, 0.1) is 0 Å². The van der Waals surface area contributed by atoms with E-state index < -0.39 is 0 Å². The Bertz CT molecular complexity index is 493. The number of ether oxygens (including phenoxy) is 1. The average Bonchev–Trinajstić information content (AvgIpc) is 2.96. The highest BCUT2D eigenvalue weighted by Crippen LogP contribution is 2.18. The maximum atomic E-state index is 5.03. The molecule has 0 aliphatic carbocycles. The predicted molar refractivity (Wildman–Crippen MR) is 82.9 cm³/mol. The fourth-order valence-corrected chi connectivity index (χ4v) is 2.28. The Morgan fingerprint density at radius 2 is 2.00 bits per heavy atom. The number of nitrogens with zero attached hydrogens (tertiary/aromatic N) is 1. The lowest BCUT2D eigenvalue weighted by Gasteiger charge is -2.13. The van der Waals surface area contributed by atoms with Crippen LogP contribution in [-0.4, -0.2) is 24.8 Å². The first-order valence-corrected chi connectivity index (χ1v) is 7.22. The Labute approximate surface area is 121 Å². The van der Waals surface area contributed by atoms with Crippen LogP contribution in [0.15, 0.2) is 48.8 Å². The van der Waals surface area contributed by atoms with E-state index in [0.29, 0.717) is 6.04 Å². The van der Waals surface area contributed by atoms with Gasteiger partial charge in [0.25, 0.3) is 0 Å². The molecule has 0 aliphatic rings. The van der Waals surface area contributed by atoms with Crippen LogP contribution in [0.4, 0.5) is 0 Å². The van der Waals surface area contributed by atoms with Gasteiger partial charge in [-0.15, -0.1) is 0 Å². The van der Waals surface area contributed by atoms with Crippen LogP contribution < -0.4 is 5.32 Å². The van der Waals surface area contributed by atoms with Crippen LogP contribution in [0.2, 0.25) is 0 Å². The molecule has 3 nitrogen and oxygen atoms in total. The molecule has 1 heterocycles. The molecule has 1 atom stereocenters. The number of aromatic nitrogens is 1. The van der Waals surface area contributed by atoms with Crippen molar-refractivity contribution in [2.45, 2.75) is 25.9 Å². The van der Waals surface area contributed by atoms with Gasteiger partial charge in [0, 0.05) is 32.7 Å². The largest absolute Gasteiger partial charge is 0.385 e. The van der Waals surface area contributed by atoms with E-state index >= 15 is 0 Å². The monoisotopic (exact) mass is 272 g/mol. The molecule has 0 amide bonds. The van der Waals surface area contributed by atoms with E-state index in [1.54, 1.807) is 7.11 Å².